The number of aryl methyl sites for hydroxylation is 2. The Kier molecular flexibility index (Phi) is 13.7. The molecule has 10 nitrogen and oxygen atoms in total. The maximum Gasteiger partial charge on any atom is 0.344 e. The SMILES string of the molecule is C=C(C)C(=O)OCCCCC(O)COC(COc1ccc2cc(-c3ccccc3CC)c(=O)oc2c1)COc1ccc2cc(-c3ccccc3CC)c(=O)oc2c1. The molecular weight excluding hydrogens is 725 g/mol. The van der Waals surface area contributed by atoms with Crippen LogP contribution in [0, 0.1) is 0 Å². The number of ether oxygens (including phenoxy) is 4. The van der Waals surface area contributed by atoms with Gasteiger partial charge in [-0.3, -0.25) is 0 Å². The van der Waals surface area contributed by atoms with Crippen molar-refractivity contribution >= 4 is 27.9 Å². The van der Waals surface area contributed by atoms with Crippen LogP contribution < -0.4 is 20.7 Å². The Labute approximate surface area is 331 Å². The molecule has 1 atom stereocenters. The van der Waals surface area contributed by atoms with Gasteiger partial charge < -0.3 is 32.9 Å². The van der Waals surface area contributed by atoms with Crippen molar-refractivity contribution in [2.24, 2.45) is 0 Å². The van der Waals surface area contributed by atoms with E-state index in [-0.39, 0.29) is 26.4 Å². The number of benzene rings is 4. The van der Waals surface area contributed by atoms with Gasteiger partial charge in [-0.2, -0.15) is 0 Å². The van der Waals surface area contributed by atoms with E-state index < -0.39 is 29.4 Å². The van der Waals surface area contributed by atoms with Crippen molar-refractivity contribution in [3.63, 3.8) is 0 Å². The molecule has 2 heterocycles. The Hall–Kier alpha value is -5.97. The molecule has 1 N–H and O–H groups in total. The molecule has 0 saturated carbocycles. The van der Waals surface area contributed by atoms with Crippen LogP contribution >= 0.6 is 0 Å². The minimum Gasteiger partial charge on any atom is -0.491 e. The third-order valence-corrected chi connectivity index (χ3v) is 9.70. The average Bonchev–Trinajstić information content (AvgIpc) is 3.22. The van der Waals surface area contributed by atoms with E-state index in [1.165, 1.54) is 0 Å². The summed E-state index contributed by atoms with van der Waals surface area (Å²) in [5, 5.41) is 12.2. The first-order chi connectivity index (χ1) is 27.6. The van der Waals surface area contributed by atoms with Crippen molar-refractivity contribution in [3.05, 3.63) is 141 Å². The number of rotatable bonds is 19. The minimum atomic E-state index is -0.784. The van der Waals surface area contributed by atoms with E-state index in [9.17, 15) is 19.5 Å². The van der Waals surface area contributed by atoms with Crippen molar-refractivity contribution in [1.82, 2.24) is 0 Å². The molecule has 10 heteroatoms. The number of carbonyl (C=O) groups excluding carboxylic acids is 1. The van der Waals surface area contributed by atoms with Gasteiger partial charge in [-0.15, -0.1) is 0 Å². The van der Waals surface area contributed by atoms with E-state index in [0.717, 1.165) is 45.9 Å². The molecule has 4 aromatic carbocycles. The largest absolute Gasteiger partial charge is 0.491 e. The quantitative estimate of drug-likeness (QED) is 0.0368. The molecule has 0 bridgehead atoms. The third-order valence-electron chi connectivity index (χ3n) is 9.70. The van der Waals surface area contributed by atoms with Crippen LogP contribution in [0.1, 0.15) is 51.2 Å². The maximum atomic E-state index is 13.1. The standard InChI is InChI=1S/C47H48O10/c1-5-31-13-7-9-16-39(31)41-23-33-18-20-36(25-43(33)56-46(41)50)54-28-38(53-27-35(48)15-11-12-22-52-45(49)30(3)4)29-55-37-21-19-34-24-42(47(51)57-44(34)26-37)40-17-10-8-14-32(40)6-2/h7-10,13-14,16-21,23-26,35,38,48H,3,5-6,11-12,15,22,27-29H2,1-2,4H3. The highest BCUT2D eigenvalue weighted by Gasteiger charge is 2.18. The summed E-state index contributed by atoms with van der Waals surface area (Å²) in [6.07, 6.45) is 1.78. The van der Waals surface area contributed by atoms with Crippen LogP contribution in [-0.4, -0.2) is 49.7 Å². The smallest absolute Gasteiger partial charge is 0.344 e. The average molecular weight is 773 g/mol. The molecule has 57 heavy (non-hydrogen) atoms. The summed E-state index contributed by atoms with van der Waals surface area (Å²) in [5.74, 6) is 0.478. The first-order valence-electron chi connectivity index (χ1n) is 19.3. The lowest BCUT2D eigenvalue weighted by Crippen LogP contribution is -2.32. The van der Waals surface area contributed by atoms with Gasteiger partial charge in [0, 0.05) is 28.5 Å². The molecule has 1 unspecified atom stereocenters. The van der Waals surface area contributed by atoms with Crippen LogP contribution in [0.2, 0.25) is 0 Å². The van der Waals surface area contributed by atoms with E-state index in [2.05, 4.69) is 6.58 Å². The van der Waals surface area contributed by atoms with Crippen LogP contribution in [0.15, 0.2) is 128 Å². The van der Waals surface area contributed by atoms with Crippen molar-refractivity contribution in [1.29, 1.82) is 0 Å². The second kappa shape index (κ2) is 19.3. The molecule has 0 amide bonds. The van der Waals surface area contributed by atoms with Crippen LogP contribution in [0.25, 0.3) is 44.2 Å². The fourth-order valence-electron chi connectivity index (χ4n) is 6.54. The number of esters is 1. The molecule has 0 radical (unpaired) electrons. The van der Waals surface area contributed by atoms with Crippen molar-refractivity contribution < 1.29 is 37.7 Å². The van der Waals surface area contributed by atoms with Gasteiger partial charge in [0.25, 0.3) is 0 Å². The van der Waals surface area contributed by atoms with E-state index in [1.807, 2.05) is 86.6 Å². The summed E-state index contributed by atoms with van der Waals surface area (Å²) in [6, 6.07) is 29.8. The van der Waals surface area contributed by atoms with Crippen molar-refractivity contribution in [3.8, 4) is 33.8 Å². The van der Waals surface area contributed by atoms with Crippen molar-refractivity contribution in [2.45, 2.75) is 65.1 Å². The number of unbranched alkanes of at least 4 members (excludes halogenated alkanes) is 1. The zero-order chi connectivity index (χ0) is 40.3. The summed E-state index contributed by atoms with van der Waals surface area (Å²) >= 11 is 0. The lowest BCUT2D eigenvalue weighted by atomic mass is 9.98. The predicted octanol–water partition coefficient (Wildman–Crippen LogP) is 8.85. The normalized spacial score (nSPS) is 11.9. The first kappa shape index (κ1) is 40.7. The van der Waals surface area contributed by atoms with Crippen molar-refractivity contribution in [2.75, 3.05) is 26.4 Å². The zero-order valence-corrected chi connectivity index (χ0v) is 32.6. The molecule has 2 aromatic heterocycles. The summed E-state index contributed by atoms with van der Waals surface area (Å²) in [7, 11) is 0. The summed E-state index contributed by atoms with van der Waals surface area (Å²) in [5.41, 5.74) is 5.04. The number of hydrogen-bond acceptors (Lipinski definition) is 10. The molecule has 6 aromatic rings. The molecule has 296 valence electrons. The third kappa shape index (κ3) is 10.5. The van der Waals surface area contributed by atoms with Crippen LogP contribution in [0.4, 0.5) is 0 Å². The van der Waals surface area contributed by atoms with Crippen LogP contribution in [0.3, 0.4) is 0 Å². The van der Waals surface area contributed by atoms with Gasteiger partial charge in [0.1, 0.15) is 42.0 Å². The number of carbonyl (C=O) groups is 1. The van der Waals surface area contributed by atoms with Gasteiger partial charge in [-0.05, 0) is 97.7 Å². The fourth-order valence-corrected chi connectivity index (χ4v) is 6.54. The monoisotopic (exact) mass is 772 g/mol. The molecule has 0 spiro atoms. The second-order valence-electron chi connectivity index (χ2n) is 14.0. The molecule has 6 rings (SSSR count). The molecular formula is C47H48O10. The van der Waals surface area contributed by atoms with Gasteiger partial charge in [-0.1, -0.05) is 69.0 Å². The van der Waals surface area contributed by atoms with Gasteiger partial charge in [0.2, 0.25) is 0 Å². The molecule has 0 aliphatic heterocycles. The predicted molar refractivity (Wildman–Crippen MR) is 221 cm³/mol. The van der Waals surface area contributed by atoms with Crippen LogP contribution in [-0.2, 0) is 27.1 Å². The summed E-state index contributed by atoms with van der Waals surface area (Å²) < 4.78 is 35.0. The number of fused-ring (bicyclic) bond motifs is 2. The first-order valence-corrected chi connectivity index (χ1v) is 19.3. The van der Waals surface area contributed by atoms with E-state index >= 15 is 0 Å². The highest BCUT2D eigenvalue weighted by atomic mass is 16.6. The lowest BCUT2D eigenvalue weighted by Gasteiger charge is -2.21. The Morgan fingerprint density at radius 1 is 0.684 bits per heavy atom. The topological polar surface area (TPSA) is 135 Å². The minimum absolute atomic E-state index is 0.00610. The summed E-state index contributed by atoms with van der Waals surface area (Å²) in [6.45, 7) is 9.60. The molecule has 0 aliphatic rings. The van der Waals surface area contributed by atoms with Crippen LogP contribution in [0.5, 0.6) is 11.5 Å². The second-order valence-corrected chi connectivity index (χ2v) is 14.0. The number of aliphatic hydroxyl groups is 1. The molecule has 0 fully saturated rings. The van der Waals surface area contributed by atoms with E-state index in [1.54, 1.807) is 31.2 Å². The van der Waals surface area contributed by atoms with Gasteiger partial charge in [0.15, 0.2) is 0 Å². The van der Waals surface area contributed by atoms with Gasteiger partial charge in [-0.25, -0.2) is 14.4 Å². The Morgan fingerprint density at radius 3 is 1.68 bits per heavy atom. The zero-order valence-electron chi connectivity index (χ0n) is 32.6. The lowest BCUT2D eigenvalue weighted by molar-refractivity contribution is -0.139. The summed E-state index contributed by atoms with van der Waals surface area (Å²) in [4.78, 5) is 37.8. The maximum absolute atomic E-state index is 13.1. The Bertz CT molecular complexity index is 2310. The number of aliphatic hydroxyl groups excluding tert-OH is 1. The number of hydrogen-bond donors (Lipinski definition) is 1. The highest BCUT2D eigenvalue weighted by molar-refractivity contribution is 5.87. The van der Waals surface area contributed by atoms with Gasteiger partial charge >= 0.3 is 17.2 Å². The highest BCUT2D eigenvalue weighted by Crippen LogP contribution is 2.29. The van der Waals surface area contributed by atoms with Gasteiger partial charge in [0.05, 0.1) is 30.4 Å². The Balaban J connectivity index is 1.14. The van der Waals surface area contributed by atoms with E-state index in [0.29, 0.717) is 58.6 Å². The Morgan fingerprint density at radius 2 is 1.19 bits per heavy atom. The molecule has 0 aliphatic carbocycles. The fraction of sp³-hybridized carbons (Fsp3) is 0.298. The molecule has 0 saturated heterocycles. The van der Waals surface area contributed by atoms with E-state index in [4.69, 9.17) is 27.8 Å².